The molecule has 0 atom stereocenters. The molecule has 2 fully saturated rings. The van der Waals surface area contributed by atoms with Crippen LogP contribution in [0.25, 0.3) is 0 Å². The zero-order chi connectivity index (χ0) is 8.44. The summed E-state index contributed by atoms with van der Waals surface area (Å²) in [4.78, 5) is 0. The molecule has 70 valence electrons. The fourth-order valence-electron chi connectivity index (χ4n) is 2.22. The molecule has 1 nitrogen and oxygen atoms in total. The van der Waals surface area contributed by atoms with Crippen molar-refractivity contribution in [2.24, 2.45) is 11.3 Å². The molecule has 0 aliphatic heterocycles. The van der Waals surface area contributed by atoms with Gasteiger partial charge in [-0.05, 0) is 50.0 Å². The summed E-state index contributed by atoms with van der Waals surface area (Å²) in [6, 6.07) is 0. The summed E-state index contributed by atoms with van der Waals surface area (Å²) < 4.78 is 0. The summed E-state index contributed by atoms with van der Waals surface area (Å²) in [6.45, 7) is 4.82. The second kappa shape index (κ2) is 3.37. The van der Waals surface area contributed by atoms with Crippen LogP contribution in [0.3, 0.4) is 0 Å². The second-order valence-corrected chi connectivity index (χ2v) is 4.67. The van der Waals surface area contributed by atoms with Crippen LogP contribution in [0.1, 0.15) is 45.4 Å². The Labute approximate surface area is 75.9 Å². The Hall–Kier alpha value is -0.0400. The minimum Gasteiger partial charge on any atom is -0.316 e. The van der Waals surface area contributed by atoms with Crippen molar-refractivity contribution in [1.82, 2.24) is 5.32 Å². The number of unbranched alkanes of at least 4 members (excludes halogenated alkanes) is 1. The third-order valence-electron chi connectivity index (χ3n) is 3.52. The van der Waals surface area contributed by atoms with Gasteiger partial charge in [-0.25, -0.2) is 0 Å². The average molecular weight is 167 g/mol. The largest absolute Gasteiger partial charge is 0.316 e. The molecule has 1 N–H and O–H groups in total. The Kier molecular flexibility index (Phi) is 2.40. The van der Waals surface area contributed by atoms with E-state index in [9.17, 15) is 0 Å². The Morgan fingerprint density at radius 3 is 2.58 bits per heavy atom. The fraction of sp³-hybridized carbons (Fsp3) is 1.00. The van der Waals surface area contributed by atoms with Gasteiger partial charge in [0.2, 0.25) is 0 Å². The lowest BCUT2D eigenvalue weighted by atomic mass is 10.0. The maximum Gasteiger partial charge on any atom is 0.00105 e. The van der Waals surface area contributed by atoms with Gasteiger partial charge in [0.05, 0.1) is 0 Å². The van der Waals surface area contributed by atoms with Crippen LogP contribution in [0.4, 0.5) is 0 Å². The highest BCUT2D eigenvalue weighted by atomic mass is 14.9. The molecule has 0 aromatic heterocycles. The van der Waals surface area contributed by atoms with Gasteiger partial charge in [-0.15, -0.1) is 0 Å². The van der Waals surface area contributed by atoms with Gasteiger partial charge in [-0.2, -0.15) is 0 Å². The molecule has 1 heteroatoms. The van der Waals surface area contributed by atoms with E-state index in [0.29, 0.717) is 0 Å². The Bertz CT molecular complexity index is 145. The van der Waals surface area contributed by atoms with Crippen LogP contribution in [0.2, 0.25) is 0 Å². The molecule has 0 heterocycles. The quantitative estimate of drug-likeness (QED) is 0.599. The first kappa shape index (κ1) is 8.55. The van der Waals surface area contributed by atoms with Gasteiger partial charge in [0.15, 0.2) is 0 Å². The SMILES string of the molecule is CCCCNCC1(C2CC2)CC1. The van der Waals surface area contributed by atoms with Gasteiger partial charge in [0, 0.05) is 6.54 Å². The minimum absolute atomic E-state index is 0.799. The molecule has 0 aromatic rings. The lowest BCUT2D eigenvalue weighted by Crippen LogP contribution is -2.26. The molecule has 0 unspecified atom stereocenters. The summed E-state index contributed by atoms with van der Waals surface area (Å²) in [5.41, 5.74) is 0.799. The lowest BCUT2D eigenvalue weighted by molar-refractivity contribution is 0.402. The van der Waals surface area contributed by atoms with Crippen molar-refractivity contribution in [1.29, 1.82) is 0 Å². The topological polar surface area (TPSA) is 12.0 Å². The number of hydrogen-bond acceptors (Lipinski definition) is 1. The minimum atomic E-state index is 0.799. The van der Waals surface area contributed by atoms with E-state index in [1.807, 2.05) is 0 Å². The standard InChI is InChI=1S/C11H21N/c1-2-3-8-12-9-11(6-7-11)10-4-5-10/h10,12H,2-9H2,1H3. The molecular weight excluding hydrogens is 146 g/mol. The molecule has 0 spiro atoms. The molecule has 2 saturated carbocycles. The van der Waals surface area contributed by atoms with Crippen LogP contribution in [0.5, 0.6) is 0 Å². The highest BCUT2D eigenvalue weighted by Crippen LogP contribution is 2.60. The van der Waals surface area contributed by atoms with E-state index < -0.39 is 0 Å². The van der Waals surface area contributed by atoms with Gasteiger partial charge in [0.1, 0.15) is 0 Å². The molecule has 2 aliphatic carbocycles. The van der Waals surface area contributed by atoms with Gasteiger partial charge in [-0.1, -0.05) is 13.3 Å². The van der Waals surface area contributed by atoms with Gasteiger partial charge in [-0.3, -0.25) is 0 Å². The van der Waals surface area contributed by atoms with Crippen molar-refractivity contribution in [3.63, 3.8) is 0 Å². The van der Waals surface area contributed by atoms with Gasteiger partial charge >= 0.3 is 0 Å². The Balaban J connectivity index is 1.59. The van der Waals surface area contributed by atoms with Gasteiger partial charge < -0.3 is 5.32 Å². The average Bonchev–Trinajstić information content (AvgIpc) is 2.86. The van der Waals surface area contributed by atoms with Crippen LogP contribution in [0.15, 0.2) is 0 Å². The first-order valence-electron chi connectivity index (χ1n) is 5.58. The van der Waals surface area contributed by atoms with Crippen LogP contribution in [0, 0.1) is 11.3 Å². The third kappa shape index (κ3) is 1.82. The Morgan fingerprint density at radius 2 is 2.08 bits per heavy atom. The summed E-state index contributed by atoms with van der Waals surface area (Å²) in [7, 11) is 0. The first-order chi connectivity index (χ1) is 5.87. The molecule has 2 aliphatic rings. The van der Waals surface area contributed by atoms with Crippen LogP contribution >= 0.6 is 0 Å². The zero-order valence-corrected chi connectivity index (χ0v) is 8.23. The predicted molar refractivity (Wildman–Crippen MR) is 52.2 cm³/mol. The van der Waals surface area contributed by atoms with E-state index in [0.717, 1.165) is 11.3 Å². The molecular formula is C11H21N. The molecule has 0 aromatic carbocycles. The number of hydrogen-bond donors (Lipinski definition) is 1. The highest BCUT2D eigenvalue weighted by Gasteiger charge is 2.52. The summed E-state index contributed by atoms with van der Waals surface area (Å²) >= 11 is 0. The third-order valence-corrected chi connectivity index (χ3v) is 3.52. The smallest absolute Gasteiger partial charge is 0.00105 e. The van der Waals surface area contributed by atoms with Crippen molar-refractivity contribution in [3.05, 3.63) is 0 Å². The van der Waals surface area contributed by atoms with Crippen molar-refractivity contribution in [2.45, 2.75) is 45.4 Å². The van der Waals surface area contributed by atoms with Crippen molar-refractivity contribution < 1.29 is 0 Å². The van der Waals surface area contributed by atoms with E-state index in [4.69, 9.17) is 0 Å². The summed E-state index contributed by atoms with van der Waals surface area (Å²) in [5.74, 6) is 1.12. The van der Waals surface area contributed by atoms with E-state index >= 15 is 0 Å². The maximum absolute atomic E-state index is 3.61. The highest BCUT2D eigenvalue weighted by molar-refractivity contribution is 5.04. The van der Waals surface area contributed by atoms with E-state index in [-0.39, 0.29) is 0 Å². The second-order valence-electron chi connectivity index (χ2n) is 4.67. The molecule has 0 bridgehead atoms. The number of nitrogens with one attached hydrogen (secondary N) is 1. The van der Waals surface area contributed by atoms with Crippen molar-refractivity contribution >= 4 is 0 Å². The normalized spacial score (nSPS) is 25.8. The molecule has 0 amide bonds. The number of rotatable bonds is 6. The molecule has 12 heavy (non-hydrogen) atoms. The fourth-order valence-corrected chi connectivity index (χ4v) is 2.22. The maximum atomic E-state index is 3.61. The van der Waals surface area contributed by atoms with Crippen LogP contribution < -0.4 is 5.32 Å². The monoisotopic (exact) mass is 167 g/mol. The lowest BCUT2D eigenvalue weighted by Gasteiger charge is -2.14. The van der Waals surface area contributed by atoms with E-state index in [2.05, 4.69) is 12.2 Å². The molecule has 2 rings (SSSR count). The van der Waals surface area contributed by atoms with Crippen LogP contribution in [-0.4, -0.2) is 13.1 Å². The summed E-state index contributed by atoms with van der Waals surface area (Å²) in [5, 5.41) is 3.61. The predicted octanol–water partition coefficient (Wildman–Crippen LogP) is 2.57. The Morgan fingerprint density at radius 1 is 1.33 bits per heavy atom. The molecule has 0 radical (unpaired) electrons. The van der Waals surface area contributed by atoms with Crippen molar-refractivity contribution in [3.8, 4) is 0 Å². The summed E-state index contributed by atoms with van der Waals surface area (Å²) in [6.07, 6.45) is 8.74. The van der Waals surface area contributed by atoms with Crippen LogP contribution in [-0.2, 0) is 0 Å². The van der Waals surface area contributed by atoms with Crippen molar-refractivity contribution in [2.75, 3.05) is 13.1 Å². The first-order valence-corrected chi connectivity index (χ1v) is 5.58. The van der Waals surface area contributed by atoms with E-state index in [1.54, 1.807) is 0 Å². The van der Waals surface area contributed by atoms with E-state index in [1.165, 1.54) is 51.6 Å². The molecule has 0 saturated heterocycles. The van der Waals surface area contributed by atoms with Gasteiger partial charge in [0.25, 0.3) is 0 Å². The zero-order valence-electron chi connectivity index (χ0n) is 8.23.